The second-order valence-corrected chi connectivity index (χ2v) is 7.25. The van der Waals surface area contributed by atoms with Crippen molar-refractivity contribution in [3.05, 3.63) is 52.3 Å². The number of hydrogen-bond acceptors (Lipinski definition) is 7. The predicted octanol–water partition coefficient (Wildman–Crippen LogP) is 4.74. The summed E-state index contributed by atoms with van der Waals surface area (Å²) >= 11 is 3.39. The van der Waals surface area contributed by atoms with Gasteiger partial charge in [-0.15, -0.1) is 0 Å². The molecular weight excluding hydrogens is 426 g/mol. The lowest BCUT2D eigenvalue weighted by Gasteiger charge is -2.09. The van der Waals surface area contributed by atoms with Crippen molar-refractivity contribution in [2.75, 3.05) is 18.5 Å². The summed E-state index contributed by atoms with van der Waals surface area (Å²) in [6.45, 7) is 1.63. The van der Waals surface area contributed by atoms with Crippen LogP contribution in [0.4, 0.5) is 5.88 Å². The summed E-state index contributed by atoms with van der Waals surface area (Å²) in [5.41, 5.74) is 0.192. The third-order valence-corrected chi connectivity index (χ3v) is 4.84. The van der Waals surface area contributed by atoms with E-state index in [4.69, 9.17) is 18.3 Å². The van der Waals surface area contributed by atoms with Gasteiger partial charge in [0.2, 0.25) is 11.6 Å². The molecule has 7 nitrogen and oxygen atoms in total. The molecule has 1 atom stereocenters. The molecule has 1 fully saturated rings. The molecule has 0 aliphatic carbocycles. The van der Waals surface area contributed by atoms with Crippen LogP contribution in [0.2, 0.25) is 0 Å². The van der Waals surface area contributed by atoms with E-state index in [2.05, 4.69) is 26.2 Å². The first-order valence-corrected chi connectivity index (χ1v) is 9.74. The van der Waals surface area contributed by atoms with Gasteiger partial charge in [0.05, 0.1) is 6.10 Å². The van der Waals surface area contributed by atoms with Gasteiger partial charge in [-0.3, -0.25) is 0 Å². The number of halogens is 1. The van der Waals surface area contributed by atoms with Crippen molar-refractivity contribution < 1.29 is 18.3 Å². The quantitative estimate of drug-likeness (QED) is 0.563. The molecule has 1 unspecified atom stereocenters. The van der Waals surface area contributed by atoms with Crippen LogP contribution in [0.25, 0.3) is 11.7 Å². The standard InChI is InChI=1S/C20H18BrN3O4/c21-13-3-5-14(6-4-13)26-12-16-7-8-18(27-16)20-24-17(10-22)19(28-20)23-11-15-2-1-9-25-15/h3-8,15,23H,1-2,9,11-12H2. The van der Waals surface area contributed by atoms with Crippen molar-refractivity contribution in [1.29, 1.82) is 5.26 Å². The number of benzene rings is 1. The molecule has 0 saturated carbocycles. The molecule has 1 aliphatic rings. The second-order valence-electron chi connectivity index (χ2n) is 6.33. The molecule has 0 spiro atoms. The van der Waals surface area contributed by atoms with Crippen LogP contribution in [0.1, 0.15) is 24.3 Å². The van der Waals surface area contributed by atoms with E-state index in [1.165, 1.54) is 0 Å². The van der Waals surface area contributed by atoms with Crippen LogP contribution < -0.4 is 10.1 Å². The van der Waals surface area contributed by atoms with Crippen LogP contribution in [0, 0.1) is 11.3 Å². The maximum absolute atomic E-state index is 9.31. The van der Waals surface area contributed by atoms with E-state index in [1.807, 2.05) is 30.3 Å². The van der Waals surface area contributed by atoms with Gasteiger partial charge in [-0.1, -0.05) is 15.9 Å². The number of rotatable bonds is 7. The highest BCUT2D eigenvalue weighted by Crippen LogP contribution is 2.28. The summed E-state index contributed by atoms with van der Waals surface area (Å²) < 4.78 is 23.7. The third-order valence-electron chi connectivity index (χ3n) is 4.31. The Bertz CT molecular complexity index is 968. The Labute approximate surface area is 170 Å². The van der Waals surface area contributed by atoms with Crippen LogP contribution in [0.15, 0.2) is 49.7 Å². The molecule has 144 valence electrons. The Kier molecular flexibility index (Phi) is 5.65. The molecule has 0 bridgehead atoms. The summed E-state index contributed by atoms with van der Waals surface area (Å²) in [4.78, 5) is 4.21. The lowest BCUT2D eigenvalue weighted by Crippen LogP contribution is -2.18. The van der Waals surface area contributed by atoms with E-state index in [0.717, 1.165) is 29.7 Å². The zero-order valence-corrected chi connectivity index (χ0v) is 16.6. The molecule has 1 saturated heterocycles. The monoisotopic (exact) mass is 443 g/mol. The minimum Gasteiger partial charge on any atom is -0.486 e. The van der Waals surface area contributed by atoms with Crippen LogP contribution >= 0.6 is 15.9 Å². The van der Waals surface area contributed by atoms with Gasteiger partial charge in [0.25, 0.3) is 5.89 Å². The smallest absolute Gasteiger partial charge is 0.266 e. The van der Waals surface area contributed by atoms with E-state index in [-0.39, 0.29) is 24.3 Å². The molecule has 1 aliphatic heterocycles. The molecule has 1 aromatic carbocycles. The Morgan fingerprint density at radius 3 is 2.82 bits per heavy atom. The minimum atomic E-state index is 0.131. The largest absolute Gasteiger partial charge is 0.486 e. The van der Waals surface area contributed by atoms with E-state index in [9.17, 15) is 5.26 Å². The molecule has 28 heavy (non-hydrogen) atoms. The molecule has 2 aromatic heterocycles. The van der Waals surface area contributed by atoms with Crippen LogP contribution in [-0.4, -0.2) is 24.2 Å². The van der Waals surface area contributed by atoms with Gasteiger partial charge in [0.15, 0.2) is 5.76 Å². The maximum atomic E-state index is 9.31. The fourth-order valence-electron chi connectivity index (χ4n) is 2.89. The van der Waals surface area contributed by atoms with E-state index in [0.29, 0.717) is 23.9 Å². The normalized spacial score (nSPS) is 16.1. The molecular formula is C20H18BrN3O4. The van der Waals surface area contributed by atoms with Gasteiger partial charge in [0.1, 0.15) is 24.2 Å². The molecule has 3 heterocycles. The summed E-state index contributed by atoms with van der Waals surface area (Å²) in [5, 5.41) is 12.4. The van der Waals surface area contributed by atoms with Gasteiger partial charge in [0, 0.05) is 17.6 Å². The SMILES string of the molecule is N#Cc1nc(-c2ccc(COc3ccc(Br)cc3)o2)oc1NCC1CCCO1. The van der Waals surface area contributed by atoms with E-state index in [1.54, 1.807) is 12.1 Å². The third kappa shape index (κ3) is 4.38. The van der Waals surface area contributed by atoms with Gasteiger partial charge in [-0.2, -0.15) is 10.2 Å². The van der Waals surface area contributed by atoms with Gasteiger partial charge >= 0.3 is 0 Å². The summed E-state index contributed by atoms with van der Waals surface area (Å²) in [5.74, 6) is 2.39. The number of oxazole rings is 1. The molecule has 0 amide bonds. The lowest BCUT2D eigenvalue weighted by molar-refractivity contribution is 0.120. The minimum absolute atomic E-state index is 0.131. The van der Waals surface area contributed by atoms with Crippen molar-refractivity contribution in [3.8, 4) is 23.5 Å². The van der Waals surface area contributed by atoms with Crippen LogP contribution in [0.5, 0.6) is 5.75 Å². The summed E-state index contributed by atoms with van der Waals surface area (Å²) in [7, 11) is 0. The Morgan fingerprint density at radius 2 is 2.07 bits per heavy atom. The summed E-state index contributed by atoms with van der Waals surface area (Å²) in [6.07, 6.45) is 2.18. The fourth-order valence-corrected chi connectivity index (χ4v) is 3.15. The van der Waals surface area contributed by atoms with Crippen LogP contribution in [0.3, 0.4) is 0 Å². The topological polar surface area (TPSA) is 93.5 Å². The van der Waals surface area contributed by atoms with Crippen molar-refractivity contribution in [1.82, 2.24) is 4.98 Å². The van der Waals surface area contributed by atoms with Crippen molar-refractivity contribution >= 4 is 21.8 Å². The van der Waals surface area contributed by atoms with Gasteiger partial charge < -0.3 is 23.6 Å². The second kappa shape index (κ2) is 8.50. The average molecular weight is 444 g/mol. The first kappa shape index (κ1) is 18.6. The highest BCUT2D eigenvalue weighted by molar-refractivity contribution is 9.10. The van der Waals surface area contributed by atoms with Crippen LogP contribution in [-0.2, 0) is 11.3 Å². The van der Waals surface area contributed by atoms with Crippen molar-refractivity contribution in [2.45, 2.75) is 25.6 Å². The fraction of sp³-hybridized carbons (Fsp3) is 0.300. The maximum Gasteiger partial charge on any atom is 0.266 e. The number of nitrogens with one attached hydrogen (secondary N) is 1. The predicted molar refractivity (Wildman–Crippen MR) is 105 cm³/mol. The Hall–Kier alpha value is -2.76. The number of anilines is 1. The number of nitrogens with zero attached hydrogens (tertiary/aromatic N) is 2. The number of hydrogen-bond donors (Lipinski definition) is 1. The first-order valence-electron chi connectivity index (χ1n) is 8.95. The van der Waals surface area contributed by atoms with E-state index < -0.39 is 0 Å². The number of furan rings is 1. The number of aromatic nitrogens is 1. The highest BCUT2D eigenvalue weighted by atomic mass is 79.9. The lowest BCUT2D eigenvalue weighted by atomic mass is 10.2. The highest BCUT2D eigenvalue weighted by Gasteiger charge is 2.20. The van der Waals surface area contributed by atoms with Crippen molar-refractivity contribution in [2.24, 2.45) is 0 Å². The molecule has 1 N–H and O–H groups in total. The Balaban J connectivity index is 1.41. The molecule has 0 radical (unpaired) electrons. The Morgan fingerprint density at radius 1 is 1.21 bits per heavy atom. The number of nitriles is 1. The zero-order valence-electron chi connectivity index (χ0n) is 15.0. The average Bonchev–Trinajstić information content (AvgIpc) is 3.45. The summed E-state index contributed by atoms with van der Waals surface area (Å²) in [6, 6.07) is 13.1. The number of ether oxygens (including phenoxy) is 2. The van der Waals surface area contributed by atoms with Gasteiger partial charge in [-0.25, -0.2) is 0 Å². The zero-order chi connectivity index (χ0) is 19.3. The van der Waals surface area contributed by atoms with E-state index >= 15 is 0 Å². The molecule has 3 aromatic rings. The van der Waals surface area contributed by atoms with Crippen molar-refractivity contribution in [3.63, 3.8) is 0 Å². The first-order chi connectivity index (χ1) is 13.7. The molecule has 4 rings (SSSR count). The van der Waals surface area contributed by atoms with Gasteiger partial charge in [-0.05, 0) is 49.2 Å². The molecule has 8 heteroatoms.